The van der Waals surface area contributed by atoms with E-state index < -0.39 is 28.8 Å². The van der Waals surface area contributed by atoms with Crippen LogP contribution in [0.2, 0.25) is 0 Å². The van der Waals surface area contributed by atoms with E-state index in [2.05, 4.69) is 15.6 Å². The van der Waals surface area contributed by atoms with Gasteiger partial charge in [-0.2, -0.15) is 0 Å². The van der Waals surface area contributed by atoms with Gasteiger partial charge in [-0.3, -0.25) is 19.4 Å². The molecular weight excluding hydrogens is 452 g/mol. The van der Waals surface area contributed by atoms with Crippen LogP contribution in [0.3, 0.4) is 0 Å². The number of rotatable bonds is 6. The first-order valence-electron chi connectivity index (χ1n) is 12.6. The van der Waals surface area contributed by atoms with Crippen LogP contribution in [0, 0.1) is 0 Å². The Morgan fingerprint density at radius 3 is 2.08 bits per heavy atom. The molecule has 0 bridgehead atoms. The van der Waals surface area contributed by atoms with E-state index in [0.717, 1.165) is 36.8 Å². The highest BCUT2D eigenvalue weighted by atomic mass is 16.2. The smallest absolute Gasteiger partial charge is 0.257 e. The van der Waals surface area contributed by atoms with Crippen molar-refractivity contribution in [3.8, 4) is 0 Å². The zero-order chi connectivity index (χ0) is 25.7. The maximum atomic E-state index is 13.6. The Morgan fingerprint density at radius 1 is 0.889 bits per heavy atom. The molecule has 0 aliphatic heterocycles. The van der Waals surface area contributed by atoms with Crippen LogP contribution in [0.15, 0.2) is 72.0 Å². The average Bonchev–Trinajstić information content (AvgIpc) is 2.87. The first-order valence-corrected chi connectivity index (χ1v) is 12.6. The monoisotopic (exact) mass is 486 g/mol. The molecule has 2 N–H and O–H groups in total. The fraction of sp³-hybridized carbons (Fsp3) is 0.379. The molecule has 1 aromatic carbocycles. The van der Waals surface area contributed by atoms with Gasteiger partial charge in [0.05, 0.1) is 6.04 Å². The highest BCUT2D eigenvalue weighted by Crippen LogP contribution is 2.28. The topological polar surface area (TPSA) is 93.1 Å². The van der Waals surface area contributed by atoms with Crippen LogP contribution >= 0.6 is 0 Å². The van der Waals surface area contributed by atoms with Crippen molar-refractivity contribution in [2.45, 2.75) is 70.5 Å². The Kier molecular flexibility index (Phi) is 7.67. The van der Waals surface area contributed by atoms with Crippen LogP contribution in [-0.4, -0.2) is 26.9 Å². The molecule has 36 heavy (non-hydrogen) atoms. The summed E-state index contributed by atoms with van der Waals surface area (Å²) in [5.41, 5.74) is 0.602. The van der Waals surface area contributed by atoms with Crippen molar-refractivity contribution in [2.24, 2.45) is 0 Å². The number of hydrogen-bond acceptors (Lipinski definition) is 4. The predicted octanol–water partition coefficient (Wildman–Crippen LogP) is 4.80. The number of nitrogens with one attached hydrogen (secondary N) is 2. The molecule has 0 spiro atoms. The molecule has 1 aliphatic rings. The van der Waals surface area contributed by atoms with E-state index in [-0.39, 0.29) is 17.2 Å². The van der Waals surface area contributed by atoms with E-state index in [1.54, 1.807) is 24.8 Å². The second-order valence-corrected chi connectivity index (χ2v) is 10.5. The van der Waals surface area contributed by atoms with Crippen molar-refractivity contribution in [1.29, 1.82) is 0 Å². The van der Waals surface area contributed by atoms with Crippen LogP contribution < -0.4 is 16.1 Å². The average molecular weight is 487 g/mol. The molecule has 2 heterocycles. The summed E-state index contributed by atoms with van der Waals surface area (Å²) in [7, 11) is 0. The molecule has 7 heteroatoms. The summed E-state index contributed by atoms with van der Waals surface area (Å²) in [6, 6.07) is 12.9. The van der Waals surface area contributed by atoms with Gasteiger partial charge in [-0.1, -0.05) is 49.6 Å². The third-order valence-corrected chi connectivity index (χ3v) is 6.47. The molecule has 1 atom stereocenters. The predicted molar refractivity (Wildman–Crippen MR) is 140 cm³/mol. The van der Waals surface area contributed by atoms with E-state index in [1.165, 1.54) is 6.42 Å². The summed E-state index contributed by atoms with van der Waals surface area (Å²) in [5.74, 6) is -0.985. The second kappa shape index (κ2) is 10.9. The minimum absolute atomic E-state index is 0.0108. The zero-order valence-corrected chi connectivity index (χ0v) is 21.2. The number of aromatic nitrogens is 2. The van der Waals surface area contributed by atoms with E-state index in [1.807, 2.05) is 67.8 Å². The van der Waals surface area contributed by atoms with Gasteiger partial charge in [0, 0.05) is 36.4 Å². The van der Waals surface area contributed by atoms with Gasteiger partial charge in [-0.25, -0.2) is 0 Å². The molecule has 1 saturated carbocycles. The van der Waals surface area contributed by atoms with Crippen LogP contribution in [0.5, 0.6) is 0 Å². The SMILES string of the molecule is CC(C)(C)NC(=O)c1cn(C2CCCCC2)cc(C(=O)N[C@@H](c2ccccc2)c2ccncc2)c1=O. The largest absolute Gasteiger partial charge is 0.349 e. The van der Waals surface area contributed by atoms with Crippen molar-refractivity contribution in [1.82, 2.24) is 20.2 Å². The molecule has 0 radical (unpaired) electrons. The molecule has 2 aromatic heterocycles. The van der Waals surface area contributed by atoms with Crippen molar-refractivity contribution < 1.29 is 9.59 Å². The standard InChI is InChI=1S/C29H34N4O3/c1-29(2,3)32-28(36)24-19-33(22-12-8-5-9-13-22)18-23(26(24)34)27(35)31-25(20-10-6-4-7-11-20)21-14-16-30-17-15-21/h4,6-7,10-11,14-19,22,25H,5,8-9,12-13H2,1-3H3,(H,31,35)(H,32,36)/t25-/m0/s1. The third-order valence-electron chi connectivity index (χ3n) is 6.47. The Hall–Kier alpha value is -3.74. The Balaban J connectivity index is 1.75. The first-order chi connectivity index (χ1) is 17.2. The zero-order valence-electron chi connectivity index (χ0n) is 21.2. The van der Waals surface area contributed by atoms with E-state index >= 15 is 0 Å². The highest BCUT2D eigenvalue weighted by Gasteiger charge is 2.26. The summed E-state index contributed by atoms with van der Waals surface area (Å²) in [6.07, 6.45) is 11.8. The van der Waals surface area contributed by atoms with Gasteiger partial charge < -0.3 is 15.2 Å². The van der Waals surface area contributed by atoms with Gasteiger partial charge in [0.25, 0.3) is 11.8 Å². The van der Waals surface area contributed by atoms with E-state index in [9.17, 15) is 14.4 Å². The summed E-state index contributed by atoms with van der Waals surface area (Å²) >= 11 is 0. The lowest BCUT2D eigenvalue weighted by Gasteiger charge is -2.27. The minimum Gasteiger partial charge on any atom is -0.349 e. The van der Waals surface area contributed by atoms with Gasteiger partial charge >= 0.3 is 0 Å². The van der Waals surface area contributed by atoms with Crippen LogP contribution in [0.4, 0.5) is 0 Å². The molecule has 188 valence electrons. The lowest BCUT2D eigenvalue weighted by molar-refractivity contribution is 0.0917. The molecular formula is C29H34N4O3. The maximum absolute atomic E-state index is 13.6. The molecule has 1 aliphatic carbocycles. The van der Waals surface area contributed by atoms with Crippen LogP contribution in [0.1, 0.15) is 96.8 Å². The van der Waals surface area contributed by atoms with Crippen molar-refractivity contribution in [3.63, 3.8) is 0 Å². The van der Waals surface area contributed by atoms with E-state index in [4.69, 9.17) is 0 Å². The molecule has 4 rings (SSSR count). The molecule has 3 aromatic rings. The molecule has 0 unspecified atom stereocenters. The van der Waals surface area contributed by atoms with E-state index in [0.29, 0.717) is 0 Å². The van der Waals surface area contributed by atoms with Gasteiger partial charge in [-0.05, 0) is 56.9 Å². The number of pyridine rings is 2. The van der Waals surface area contributed by atoms with Crippen molar-refractivity contribution >= 4 is 11.8 Å². The lowest BCUT2D eigenvalue weighted by atomic mass is 9.94. The summed E-state index contributed by atoms with van der Waals surface area (Å²) < 4.78 is 1.90. The Bertz CT molecular complexity index is 1220. The molecule has 0 saturated heterocycles. The van der Waals surface area contributed by atoms with Gasteiger partial charge in [0.15, 0.2) is 0 Å². The van der Waals surface area contributed by atoms with Gasteiger partial charge in [-0.15, -0.1) is 0 Å². The number of hydrogen-bond donors (Lipinski definition) is 2. The molecule has 2 amide bonds. The summed E-state index contributed by atoms with van der Waals surface area (Å²) in [4.78, 5) is 44.3. The normalized spacial score (nSPS) is 15.2. The summed E-state index contributed by atoms with van der Waals surface area (Å²) in [5, 5.41) is 5.91. The van der Waals surface area contributed by atoms with Gasteiger partial charge in [0.2, 0.25) is 5.43 Å². The fourth-order valence-electron chi connectivity index (χ4n) is 4.69. The number of nitrogens with zero attached hydrogens (tertiary/aromatic N) is 2. The second-order valence-electron chi connectivity index (χ2n) is 10.5. The number of carbonyl (C=O) groups is 2. The molecule has 7 nitrogen and oxygen atoms in total. The molecule has 1 fully saturated rings. The minimum atomic E-state index is -0.567. The summed E-state index contributed by atoms with van der Waals surface area (Å²) in [6.45, 7) is 5.58. The van der Waals surface area contributed by atoms with Crippen LogP contribution in [0.25, 0.3) is 0 Å². The number of benzene rings is 1. The fourth-order valence-corrected chi connectivity index (χ4v) is 4.69. The van der Waals surface area contributed by atoms with Crippen molar-refractivity contribution in [2.75, 3.05) is 0 Å². The maximum Gasteiger partial charge on any atom is 0.257 e. The highest BCUT2D eigenvalue weighted by molar-refractivity contribution is 5.99. The number of carbonyl (C=O) groups excluding carboxylic acids is 2. The Labute approximate surface area is 212 Å². The first kappa shape index (κ1) is 25.4. The van der Waals surface area contributed by atoms with Crippen molar-refractivity contribution in [3.05, 3.63) is 99.7 Å². The van der Waals surface area contributed by atoms with Gasteiger partial charge in [0.1, 0.15) is 11.1 Å². The Morgan fingerprint density at radius 2 is 1.47 bits per heavy atom. The lowest BCUT2D eigenvalue weighted by Crippen LogP contribution is -2.44. The number of amides is 2. The quantitative estimate of drug-likeness (QED) is 0.524. The van der Waals surface area contributed by atoms with Crippen LogP contribution in [-0.2, 0) is 0 Å². The third kappa shape index (κ3) is 6.08.